The van der Waals surface area contributed by atoms with Crippen LogP contribution in [-0.2, 0) is 13.0 Å². The summed E-state index contributed by atoms with van der Waals surface area (Å²) in [5, 5.41) is 10.1. The highest BCUT2D eigenvalue weighted by molar-refractivity contribution is 6.29. The van der Waals surface area contributed by atoms with Crippen molar-refractivity contribution < 1.29 is 14.7 Å². The van der Waals surface area contributed by atoms with Crippen molar-refractivity contribution >= 4 is 11.6 Å². The molecule has 0 fully saturated rings. The van der Waals surface area contributed by atoms with Crippen LogP contribution in [0.15, 0.2) is 48.7 Å². The van der Waals surface area contributed by atoms with Crippen LogP contribution in [0.3, 0.4) is 0 Å². The molecule has 0 saturated carbocycles. The molecule has 0 amide bonds. The minimum absolute atomic E-state index is 0.128. The fourth-order valence-corrected chi connectivity index (χ4v) is 3.84. The lowest BCUT2D eigenvalue weighted by atomic mass is 9.83. The van der Waals surface area contributed by atoms with Gasteiger partial charge < -0.3 is 9.67 Å². The van der Waals surface area contributed by atoms with E-state index in [1.54, 1.807) is 18.3 Å². The number of rotatable bonds is 0. The Balaban J connectivity index is 1.75. The topological polar surface area (TPSA) is 59.3 Å². The van der Waals surface area contributed by atoms with Crippen molar-refractivity contribution in [2.24, 2.45) is 0 Å². The number of phenolic OH excluding ortho intramolecular Hbond substituents is 1. The third-order valence-electron chi connectivity index (χ3n) is 4.99. The Morgan fingerprint density at radius 2 is 1.62 bits per heavy atom. The van der Waals surface area contributed by atoms with Gasteiger partial charge in [0.25, 0.3) is 0 Å². The largest absolute Gasteiger partial charge is 0.507 e. The first kappa shape index (κ1) is 13.3. The summed E-state index contributed by atoms with van der Waals surface area (Å²) >= 11 is 0. The third kappa shape index (κ3) is 1.57. The molecule has 116 valence electrons. The number of nitrogens with zero attached hydrogens (tertiary/aromatic N) is 1. The van der Waals surface area contributed by atoms with Crippen LogP contribution in [0.4, 0.5) is 0 Å². The van der Waals surface area contributed by atoms with Crippen molar-refractivity contribution in [2.75, 3.05) is 0 Å². The van der Waals surface area contributed by atoms with Gasteiger partial charge in [-0.05, 0) is 17.2 Å². The quantitative estimate of drug-likeness (QED) is 0.478. The van der Waals surface area contributed by atoms with Crippen molar-refractivity contribution in [3.8, 4) is 5.75 Å². The van der Waals surface area contributed by atoms with Crippen LogP contribution in [0, 0.1) is 0 Å². The number of hydrogen-bond donors (Lipinski definition) is 1. The first-order chi connectivity index (χ1) is 11.6. The second-order valence-corrected chi connectivity index (χ2v) is 6.30. The Labute approximate surface area is 138 Å². The van der Waals surface area contributed by atoms with Crippen LogP contribution in [-0.4, -0.2) is 21.2 Å². The molecule has 24 heavy (non-hydrogen) atoms. The number of carbonyl (C=O) groups is 2. The van der Waals surface area contributed by atoms with Crippen LogP contribution in [0.1, 0.15) is 48.7 Å². The SMILES string of the molecule is O=C1c2cccc(O)c2C(=O)c2c1cn1c2Cc2ccccc2C1. The van der Waals surface area contributed by atoms with Crippen molar-refractivity contribution in [2.45, 2.75) is 13.0 Å². The van der Waals surface area contributed by atoms with E-state index in [9.17, 15) is 14.7 Å². The van der Waals surface area contributed by atoms with Crippen LogP contribution < -0.4 is 0 Å². The van der Waals surface area contributed by atoms with Crippen LogP contribution in [0.2, 0.25) is 0 Å². The molecule has 0 saturated heterocycles. The van der Waals surface area contributed by atoms with Gasteiger partial charge in [-0.2, -0.15) is 0 Å². The summed E-state index contributed by atoms with van der Waals surface area (Å²) in [6.45, 7) is 0.654. The molecular formula is C20H13NO3. The maximum Gasteiger partial charge on any atom is 0.200 e. The predicted octanol–water partition coefficient (Wildman–Crippen LogP) is 2.92. The van der Waals surface area contributed by atoms with Crippen LogP contribution >= 0.6 is 0 Å². The highest BCUT2D eigenvalue weighted by Gasteiger charge is 2.37. The zero-order valence-electron chi connectivity index (χ0n) is 12.7. The number of phenols is 1. The van der Waals surface area contributed by atoms with E-state index in [-0.39, 0.29) is 28.4 Å². The molecule has 2 aliphatic rings. The van der Waals surface area contributed by atoms with E-state index in [4.69, 9.17) is 0 Å². The third-order valence-corrected chi connectivity index (χ3v) is 4.99. The van der Waals surface area contributed by atoms with E-state index < -0.39 is 0 Å². The summed E-state index contributed by atoms with van der Waals surface area (Å²) in [5.74, 6) is -0.583. The zero-order chi connectivity index (χ0) is 16.4. The maximum atomic E-state index is 13.0. The molecular weight excluding hydrogens is 302 g/mol. The Bertz CT molecular complexity index is 1060. The maximum absolute atomic E-state index is 13.0. The molecule has 4 nitrogen and oxygen atoms in total. The van der Waals surface area contributed by atoms with Gasteiger partial charge in [0, 0.05) is 30.4 Å². The van der Waals surface area contributed by atoms with Crippen LogP contribution in [0.25, 0.3) is 0 Å². The van der Waals surface area contributed by atoms with Gasteiger partial charge in [-0.3, -0.25) is 9.59 Å². The fourth-order valence-electron chi connectivity index (χ4n) is 3.84. The van der Waals surface area contributed by atoms with Gasteiger partial charge in [0.1, 0.15) is 5.75 Å². The van der Waals surface area contributed by atoms with E-state index in [2.05, 4.69) is 12.1 Å². The lowest BCUT2D eigenvalue weighted by molar-refractivity contribution is 0.0977. The van der Waals surface area contributed by atoms with Gasteiger partial charge in [0.05, 0.1) is 16.7 Å². The lowest BCUT2D eigenvalue weighted by Gasteiger charge is -2.21. The normalized spacial score (nSPS) is 14.7. The minimum Gasteiger partial charge on any atom is -0.507 e. The summed E-state index contributed by atoms with van der Waals surface area (Å²) in [7, 11) is 0. The summed E-state index contributed by atoms with van der Waals surface area (Å²) < 4.78 is 1.99. The summed E-state index contributed by atoms with van der Waals surface area (Å²) in [6, 6.07) is 12.8. The van der Waals surface area contributed by atoms with Gasteiger partial charge >= 0.3 is 0 Å². The van der Waals surface area contributed by atoms with Crippen molar-refractivity contribution in [3.63, 3.8) is 0 Å². The molecule has 0 spiro atoms. The van der Waals surface area contributed by atoms with Crippen molar-refractivity contribution in [1.82, 2.24) is 4.57 Å². The molecule has 1 aliphatic heterocycles. The molecule has 3 aromatic rings. The Hall–Kier alpha value is -3.14. The molecule has 1 aromatic heterocycles. The molecule has 0 bridgehead atoms. The molecule has 1 N–H and O–H groups in total. The average Bonchev–Trinajstić information content (AvgIpc) is 2.96. The second kappa shape index (κ2) is 4.45. The lowest BCUT2D eigenvalue weighted by Crippen LogP contribution is -2.21. The number of aromatic nitrogens is 1. The number of hydrogen-bond acceptors (Lipinski definition) is 3. The van der Waals surface area contributed by atoms with Crippen LogP contribution in [0.5, 0.6) is 5.75 Å². The monoisotopic (exact) mass is 315 g/mol. The van der Waals surface area contributed by atoms with Gasteiger partial charge in [0.15, 0.2) is 11.6 Å². The highest BCUT2D eigenvalue weighted by atomic mass is 16.3. The molecule has 0 atom stereocenters. The zero-order valence-corrected chi connectivity index (χ0v) is 12.7. The molecule has 2 aromatic carbocycles. The molecule has 0 unspecified atom stereocenters. The van der Waals surface area contributed by atoms with Crippen molar-refractivity contribution in [3.05, 3.63) is 87.7 Å². The summed E-state index contributed by atoms with van der Waals surface area (Å²) in [6.07, 6.45) is 2.40. The average molecular weight is 315 g/mol. The number of fused-ring (bicyclic) bond motifs is 5. The van der Waals surface area contributed by atoms with Gasteiger partial charge in [0.2, 0.25) is 0 Å². The van der Waals surface area contributed by atoms with E-state index in [0.29, 0.717) is 24.1 Å². The first-order valence-corrected chi connectivity index (χ1v) is 7.85. The Morgan fingerprint density at radius 1 is 0.833 bits per heavy atom. The highest BCUT2D eigenvalue weighted by Crippen LogP contribution is 2.37. The van der Waals surface area contributed by atoms with E-state index >= 15 is 0 Å². The molecule has 4 heteroatoms. The number of ketones is 2. The van der Waals surface area contributed by atoms with E-state index in [0.717, 1.165) is 5.69 Å². The van der Waals surface area contributed by atoms with E-state index in [1.807, 2.05) is 16.7 Å². The molecule has 5 rings (SSSR count). The summed E-state index contributed by atoms with van der Waals surface area (Å²) in [4.78, 5) is 25.8. The molecule has 1 aliphatic carbocycles. The second-order valence-electron chi connectivity index (χ2n) is 6.30. The molecule has 0 radical (unpaired) electrons. The van der Waals surface area contributed by atoms with Gasteiger partial charge in [-0.25, -0.2) is 0 Å². The minimum atomic E-state index is -0.258. The van der Waals surface area contributed by atoms with Gasteiger partial charge in [-0.1, -0.05) is 36.4 Å². The van der Waals surface area contributed by atoms with Gasteiger partial charge in [-0.15, -0.1) is 0 Å². The first-order valence-electron chi connectivity index (χ1n) is 7.85. The molecule has 2 heterocycles. The number of benzene rings is 2. The smallest absolute Gasteiger partial charge is 0.200 e. The van der Waals surface area contributed by atoms with E-state index in [1.165, 1.54) is 17.2 Å². The fraction of sp³-hybridized carbons (Fsp3) is 0.100. The number of aromatic hydroxyl groups is 1. The standard InChI is InChI=1S/C20H13NO3/c22-16-7-3-6-13-18(16)20(24)17-14(19(13)23)10-21-9-12-5-2-1-4-11(12)8-15(17)21/h1-7,10,22H,8-9H2. The summed E-state index contributed by atoms with van der Waals surface area (Å²) in [5.41, 5.74) is 4.54. The Morgan fingerprint density at radius 3 is 2.46 bits per heavy atom. The van der Waals surface area contributed by atoms with Crippen molar-refractivity contribution in [1.29, 1.82) is 0 Å². The predicted molar refractivity (Wildman–Crippen MR) is 87.8 cm³/mol. The Kier molecular flexibility index (Phi) is 2.47. The number of carbonyl (C=O) groups excluding carboxylic acids is 2.